The number of rotatable bonds is 9. The van der Waals surface area contributed by atoms with Crippen molar-refractivity contribution in [3.05, 3.63) is 54.1 Å². The fourth-order valence-corrected chi connectivity index (χ4v) is 3.87. The normalized spacial score (nSPS) is 12.4. The zero-order valence-electron chi connectivity index (χ0n) is 16.4. The third kappa shape index (κ3) is 7.51. The van der Waals surface area contributed by atoms with E-state index in [2.05, 4.69) is 37.2 Å². The molecule has 32 heavy (non-hydrogen) atoms. The zero-order valence-corrected chi connectivity index (χ0v) is 19.1. The maximum absolute atomic E-state index is 12.3. The second-order valence-electron chi connectivity index (χ2n) is 6.48. The van der Waals surface area contributed by atoms with E-state index in [0.29, 0.717) is 16.8 Å². The number of nitrogens with one attached hydrogen (secondary N) is 2. The molecule has 0 aliphatic heterocycles. The van der Waals surface area contributed by atoms with Crippen LogP contribution in [0.4, 0.5) is 18.3 Å². The van der Waals surface area contributed by atoms with Crippen LogP contribution in [-0.4, -0.2) is 53.2 Å². The SMILES string of the molecule is O=C(CNC(=O)[C@@H]([As])COCc1ccccc1)Nc1nc2ccc(OC(F)(F)F)cc2s1. The van der Waals surface area contributed by atoms with Crippen LogP contribution in [0, 0.1) is 0 Å². The van der Waals surface area contributed by atoms with E-state index in [1.165, 1.54) is 12.1 Å². The van der Waals surface area contributed by atoms with E-state index < -0.39 is 17.0 Å². The Kier molecular flexibility index (Phi) is 8.11. The average molecular weight is 527 g/mol. The quantitative estimate of drug-likeness (QED) is 0.417. The molecule has 0 fully saturated rings. The third-order valence-corrected chi connectivity index (χ3v) is 5.69. The number of benzene rings is 2. The molecule has 2 N–H and O–H groups in total. The molecule has 0 spiro atoms. The summed E-state index contributed by atoms with van der Waals surface area (Å²) >= 11 is 3.18. The van der Waals surface area contributed by atoms with Crippen LogP contribution >= 0.6 is 11.3 Å². The Labute approximate surface area is 193 Å². The van der Waals surface area contributed by atoms with Crippen molar-refractivity contribution in [1.82, 2.24) is 10.3 Å². The van der Waals surface area contributed by atoms with Gasteiger partial charge in [0.05, 0.1) is 0 Å². The first-order valence-electron chi connectivity index (χ1n) is 9.23. The number of nitrogens with zero attached hydrogens (tertiary/aromatic N) is 1. The Morgan fingerprint density at radius 2 is 1.91 bits per heavy atom. The third-order valence-electron chi connectivity index (χ3n) is 3.95. The van der Waals surface area contributed by atoms with Gasteiger partial charge in [-0.3, -0.25) is 0 Å². The van der Waals surface area contributed by atoms with Crippen LogP contribution in [0.25, 0.3) is 10.2 Å². The Balaban J connectivity index is 1.44. The molecular formula is C20H17AsF3N3O4S. The van der Waals surface area contributed by atoms with Crippen molar-refractivity contribution >= 4 is 55.4 Å². The molecule has 168 valence electrons. The number of alkyl halides is 3. The van der Waals surface area contributed by atoms with Crippen molar-refractivity contribution in [2.24, 2.45) is 0 Å². The minimum absolute atomic E-state index is 0.169. The van der Waals surface area contributed by atoms with E-state index in [0.717, 1.165) is 23.0 Å². The van der Waals surface area contributed by atoms with Gasteiger partial charge in [-0.15, -0.1) is 13.2 Å². The molecule has 12 heteroatoms. The van der Waals surface area contributed by atoms with Gasteiger partial charge in [0.15, 0.2) is 0 Å². The molecule has 0 unspecified atom stereocenters. The van der Waals surface area contributed by atoms with Crippen molar-refractivity contribution < 1.29 is 32.2 Å². The van der Waals surface area contributed by atoms with Crippen LogP contribution in [0.15, 0.2) is 48.5 Å². The monoisotopic (exact) mass is 527 g/mol. The number of halogens is 3. The predicted molar refractivity (Wildman–Crippen MR) is 114 cm³/mol. The molecule has 2 aromatic carbocycles. The molecule has 0 bridgehead atoms. The summed E-state index contributed by atoms with van der Waals surface area (Å²) in [7, 11) is 0. The summed E-state index contributed by atoms with van der Waals surface area (Å²) in [5.41, 5.74) is 1.39. The molecule has 2 amide bonds. The van der Waals surface area contributed by atoms with Gasteiger partial charge in [-0.25, -0.2) is 0 Å². The molecule has 1 heterocycles. The van der Waals surface area contributed by atoms with Crippen molar-refractivity contribution in [1.29, 1.82) is 0 Å². The fourth-order valence-electron chi connectivity index (χ4n) is 2.54. The van der Waals surface area contributed by atoms with E-state index in [-0.39, 0.29) is 29.9 Å². The van der Waals surface area contributed by atoms with Gasteiger partial charge >= 0.3 is 181 Å². The van der Waals surface area contributed by atoms with Crippen molar-refractivity contribution in [3.63, 3.8) is 0 Å². The van der Waals surface area contributed by atoms with Crippen molar-refractivity contribution in [2.45, 2.75) is 17.7 Å². The zero-order chi connectivity index (χ0) is 23.1. The second-order valence-corrected chi connectivity index (χ2v) is 8.82. The minimum atomic E-state index is -4.80. The second kappa shape index (κ2) is 10.8. The van der Waals surface area contributed by atoms with Gasteiger partial charge in [0, 0.05) is 0 Å². The molecule has 0 aliphatic rings. The number of hydrogen-bond donors (Lipinski definition) is 2. The van der Waals surface area contributed by atoms with Gasteiger partial charge in [0.25, 0.3) is 0 Å². The molecule has 1 atom stereocenters. The van der Waals surface area contributed by atoms with Crippen LogP contribution < -0.4 is 15.4 Å². The van der Waals surface area contributed by atoms with E-state index in [9.17, 15) is 22.8 Å². The number of amides is 2. The first-order valence-corrected chi connectivity index (χ1v) is 11.1. The van der Waals surface area contributed by atoms with E-state index in [1.807, 2.05) is 30.3 Å². The van der Waals surface area contributed by atoms with Crippen LogP contribution in [0.3, 0.4) is 0 Å². The number of carbonyl (C=O) groups is 2. The number of carbonyl (C=O) groups excluding carboxylic acids is 2. The summed E-state index contributed by atoms with van der Waals surface area (Å²) in [5, 5.41) is 5.21. The summed E-state index contributed by atoms with van der Waals surface area (Å²) < 4.78 is 46.3. The van der Waals surface area contributed by atoms with Gasteiger partial charge in [0.2, 0.25) is 0 Å². The van der Waals surface area contributed by atoms with Gasteiger partial charge in [-0.05, 0) is 0 Å². The summed E-state index contributed by atoms with van der Waals surface area (Å²) in [4.78, 5) is 28.4. The maximum atomic E-state index is 12.3. The molecule has 3 aromatic rings. The molecule has 3 rings (SSSR count). The number of ether oxygens (including phenoxy) is 2. The van der Waals surface area contributed by atoms with Crippen molar-refractivity contribution in [3.8, 4) is 5.75 Å². The molecule has 0 saturated carbocycles. The first-order chi connectivity index (χ1) is 15.2. The first kappa shape index (κ1) is 24.0. The van der Waals surface area contributed by atoms with Gasteiger partial charge in [-0.2, -0.15) is 0 Å². The van der Waals surface area contributed by atoms with E-state index in [1.54, 1.807) is 0 Å². The Bertz CT molecular complexity index is 1080. The molecule has 0 saturated heterocycles. The van der Waals surface area contributed by atoms with Gasteiger partial charge in [-0.1, -0.05) is 0 Å². The van der Waals surface area contributed by atoms with Crippen molar-refractivity contribution in [2.75, 3.05) is 18.5 Å². The molecular weight excluding hydrogens is 510 g/mol. The molecule has 2 radical (unpaired) electrons. The van der Waals surface area contributed by atoms with Crippen LogP contribution in [0.2, 0.25) is 4.71 Å². The standard InChI is InChI=1S/C20H17AsF3N3O4S/c21-14(11-30-10-12-4-2-1-3-5-12)18(29)25-9-17(28)27-19-26-15-7-6-13(8-16(15)32-19)31-20(22,23)24/h1-8,14H,9-11H2,(H,25,29)(H,26,27,28)/t14-/m0/s1. The number of fused-ring (bicyclic) bond motifs is 1. The number of hydrogen-bond acceptors (Lipinski definition) is 6. The topological polar surface area (TPSA) is 89.6 Å². The Hall–Kier alpha value is -2.62. The molecule has 0 aliphatic carbocycles. The average Bonchev–Trinajstić information content (AvgIpc) is 3.12. The summed E-state index contributed by atoms with van der Waals surface area (Å²) in [6.07, 6.45) is -4.80. The number of anilines is 1. The Morgan fingerprint density at radius 1 is 1.16 bits per heavy atom. The molecule has 1 aromatic heterocycles. The van der Waals surface area contributed by atoms with E-state index >= 15 is 0 Å². The van der Waals surface area contributed by atoms with Gasteiger partial charge < -0.3 is 0 Å². The van der Waals surface area contributed by atoms with Gasteiger partial charge in [0.1, 0.15) is 0 Å². The van der Waals surface area contributed by atoms with Crippen LogP contribution in [0.1, 0.15) is 5.56 Å². The van der Waals surface area contributed by atoms with Crippen LogP contribution in [-0.2, 0) is 20.9 Å². The molecule has 7 nitrogen and oxygen atoms in total. The van der Waals surface area contributed by atoms with Crippen LogP contribution in [0.5, 0.6) is 5.75 Å². The number of thiazole rings is 1. The summed E-state index contributed by atoms with van der Waals surface area (Å²) in [6, 6.07) is 13.2. The Morgan fingerprint density at radius 3 is 2.62 bits per heavy atom. The predicted octanol–water partition coefficient (Wildman–Crippen LogP) is 3.42. The summed E-state index contributed by atoms with van der Waals surface area (Å²) in [6.45, 7) is 0.253. The number of aromatic nitrogens is 1. The fraction of sp³-hybridized carbons (Fsp3) is 0.250. The van der Waals surface area contributed by atoms with E-state index in [4.69, 9.17) is 4.74 Å². The summed E-state index contributed by atoms with van der Waals surface area (Å²) in [5.74, 6) is -1.26.